The van der Waals surface area contributed by atoms with Crippen molar-refractivity contribution in [1.82, 2.24) is 0 Å². The zero-order valence-corrected chi connectivity index (χ0v) is 10.3. The van der Waals surface area contributed by atoms with Crippen LogP contribution in [0.5, 0.6) is 5.75 Å². The van der Waals surface area contributed by atoms with Crippen LogP contribution in [0.25, 0.3) is 0 Å². The van der Waals surface area contributed by atoms with E-state index in [4.69, 9.17) is 10.5 Å². The lowest BCUT2D eigenvalue weighted by atomic mass is 9.83. The number of ether oxygens (including phenoxy) is 1. The van der Waals surface area contributed by atoms with Crippen molar-refractivity contribution >= 4 is 0 Å². The van der Waals surface area contributed by atoms with E-state index in [9.17, 15) is 4.39 Å². The Balaban J connectivity index is 1.97. The molecule has 3 heteroatoms. The van der Waals surface area contributed by atoms with Gasteiger partial charge in [-0.15, -0.1) is 0 Å². The van der Waals surface area contributed by atoms with Crippen molar-refractivity contribution < 1.29 is 9.13 Å². The predicted octanol–water partition coefficient (Wildman–Crippen LogP) is 3.41. The molecule has 0 aromatic heterocycles. The Morgan fingerprint density at radius 1 is 1.47 bits per heavy atom. The molecule has 0 saturated heterocycles. The molecule has 1 aromatic carbocycles. The third-order valence-electron chi connectivity index (χ3n) is 3.49. The van der Waals surface area contributed by atoms with Crippen LogP contribution in [-0.2, 0) is 0 Å². The quantitative estimate of drug-likeness (QED) is 0.851. The molecule has 0 amide bonds. The van der Waals surface area contributed by atoms with Gasteiger partial charge in [-0.25, -0.2) is 4.39 Å². The molecule has 94 valence electrons. The van der Waals surface area contributed by atoms with Crippen molar-refractivity contribution in [2.45, 2.75) is 38.6 Å². The first-order chi connectivity index (χ1) is 8.18. The predicted molar refractivity (Wildman–Crippen MR) is 66.5 cm³/mol. The van der Waals surface area contributed by atoms with Crippen molar-refractivity contribution in [3.05, 3.63) is 29.6 Å². The number of hydrogen-bond acceptors (Lipinski definition) is 2. The number of para-hydroxylation sites is 1. The second-order valence-corrected chi connectivity index (χ2v) is 4.88. The van der Waals surface area contributed by atoms with E-state index >= 15 is 0 Å². The largest absolute Gasteiger partial charge is 0.490 e. The van der Waals surface area contributed by atoms with Gasteiger partial charge in [0.15, 0.2) is 11.6 Å². The Morgan fingerprint density at radius 3 is 2.82 bits per heavy atom. The molecule has 0 heterocycles. The van der Waals surface area contributed by atoms with Crippen LogP contribution in [0.1, 0.15) is 44.2 Å². The van der Waals surface area contributed by atoms with Crippen molar-refractivity contribution in [3.63, 3.8) is 0 Å². The summed E-state index contributed by atoms with van der Waals surface area (Å²) in [5.74, 6) is 0.802. The highest BCUT2D eigenvalue weighted by Crippen LogP contribution is 2.31. The Hall–Kier alpha value is -1.09. The van der Waals surface area contributed by atoms with Crippen molar-refractivity contribution in [2.75, 3.05) is 6.61 Å². The molecule has 1 aliphatic rings. The Kier molecular flexibility index (Phi) is 4.00. The molecule has 1 aliphatic carbocycles. The maximum atomic E-state index is 13.7. The summed E-state index contributed by atoms with van der Waals surface area (Å²) in [5.41, 5.74) is 6.55. The van der Waals surface area contributed by atoms with E-state index in [1.165, 1.54) is 25.3 Å². The number of rotatable bonds is 5. The van der Waals surface area contributed by atoms with Gasteiger partial charge < -0.3 is 10.5 Å². The van der Waals surface area contributed by atoms with Gasteiger partial charge in [-0.2, -0.15) is 0 Å². The molecule has 0 aliphatic heterocycles. The first-order valence-corrected chi connectivity index (χ1v) is 6.35. The van der Waals surface area contributed by atoms with Gasteiger partial charge in [0.1, 0.15) is 0 Å². The molecule has 0 spiro atoms. The molecule has 2 N–H and O–H groups in total. The van der Waals surface area contributed by atoms with Crippen LogP contribution in [0.3, 0.4) is 0 Å². The summed E-state index contributed by atoms with van der Waals surface area (Å²) in [4.78, 5) is 0. The molecule has 0 radical (unpaired) electrons. The van der Waals surface area contributed by atoms with Crippen LogP contribution < -0.4 is 10.5 Å². The molecule has 0 bridgehead atoms. The van der Waals surface area contributed by atoms with Crippen molar-refractivity contribution in [1.29, 1.82) is 0 Å². The Bertz CT molecular complexity index is 374. The van der Waals surface area contributed by atoms with Crippen LogP contribution in [0.15, 0.2) is 18.2 Å². The summed E-state index contributed by atoms with van der Waals surface area (Å²) >= 11 is 0. The molecule has 1 fully saturated rings. The lowest BCUT2D eigenvalue weighted by Gasteiger charge is -2.25. The van der Waals surface area contributed by atoms with Gasteiger partial charge in [0, 0.05) is 11.6 Å². The van der Waals surface area contributed by atoms with Crippen LogP contribution in [0.2, 0.25) is 0 Å². The molecule has 17 heavy (non-hydrogen) atoms. The van der Waals surface area contributed by atoms with Crippen LogP contribution in [-0.4, -0.2) is 6.61 Å². The molecule has 1 unspecified atom stereocenters. The van der Waals surface area contributed by atoms with E-state index in [1.807, 2.05) is 13.0 Å². The second kappa shape index (κ2) is 5.50. The Labute approximate surface area is 102 Å². The molecule has 1 aromatic rings. The molecule has 2 nitrogen and oxygen atoms in total. The number of hydrogen-bond donors (Lipinski definition) is 1. The number of benzene rings is 1. The van der Waals surface area contributed by atoms with Crippen molar-refractivity contribution in [3.8, 4) is 5.75 Å². The first-order valence-electron chi connectivity index (χ1n) is 6.35. The Morgan fingerprint density at radius 2 is 2.24 bits per heavy atom. The highest BCUT2D eigenvalue weighted by atomic mass is 19.1. The number of nitrogens with two attached hydrogens (primary N) is 1. The SMILES string of the molecule is CC(N)c1cccc(F)c1OCCC1CCC1. The topological polar surface area (TPSA) is 35.2 Å². The molecule has 1 atom stereocenters. The summed E-state index contributed by atoms with van der Waals surface area (Å²) < 4.78 is 19.2. The normalized spacial score (nSPS) is 17.6. The second-order valence-electron chi connectivity index (χ2n) is 4.88. The minimum atomic E-state index is -0.312. The fraction of sp³-hybridized carbons (Fsp3) is 0.571. The zero-order valence-electron chi connectivity index (χ0n) is 10.3. The average molecular weight is 237 g/mol. The maximum absolute atomic E-state index is 13.7. The molecule has 1 saturated carbocycles. The van der Waals surface area contributed by atoms with E-state index in [1.54, 1.807) is 6.07 Å². The van der Waals surface area contributed by atoms with E-state index in [-0.39, 0.29) is 11.9 Å². The van der Waals surface area contributed by atoms with Crippen LogP contribution >= 0.6 is 0 Å². The van der Waals surface area contributed by atoms with E-state index in [0.29, 0.717) is 12.4 Å². The molecular formula is C14H20FNO. The monoisotopic (exact) mass is 237 g/mol. The van der Waals surface area contributed by atoms with Gasteiger partial charge in [0.2, 0.25) is 0 Å². The van der Waals surface area contributed by atoms with Gasteiger partial charge >= 0.3 is 0 Å². The van der Waals surface area contributed by atoms with Gasteiger partial charge in [0.05, 0.1) is 6.61 Å². The first kappa shape index (κ1) is 12.4. The lowest BCUT2D eigenvalue weighted by Crippen LogP contribution is -2.16. The van der Waals surface area contributed by atoms with Crippen molar-refractivity contribution in [2.24, 2.45) is 11.7 Å². The minimum absolute atomic E-state index is 0.204. The standard InChI is InChI=1S/C14H20FNO/c1-10(16)12-6-3-7-13(15)14(12)17-9-8-11-4-2-5-11/h3,6-7,10-11H,2,4-5,8-9,16H2,1H3. The summed E-state index contributed by atoms with van der Waals surface area (Å²) in [7, 11) is 0. The van der Waals surface area contributed by atoms with Gasteiger partial charge in [-0.3, -0.25) is 0 Å². The molecular weight excluding hydrogens is 217 g/mol. The fourth-order valence-electron chi connectivity index (χ4n) is 2.15. The highest BCUT2D eigenvalue weighted by molar-refractivity contribution is 5.36. The lowest BCUT2D eigenvalue weighted by molar-refractivity contribution is 0.215. The van der Waals surface area contributed by atoms with Gasteiger partial charge in [-0.1, -0.05) is 31.4 Å². The van der Waals surface area contributed by atoms with E-state index < -0.39 is 0 Å². The van der Waals surface area contributed by atoms with Gasteiger partial charge in [-0.05, 0) is 25.3 Å². The minimum Gasteiger partial charge on any atom is -0.490 e. The summed E-state index contributed by atoms with van der Waals surface area (Å²) in [6, 6.07) is 4.72. The zero-order chi connectivity index (χ0) is 12.3. The maximum Gasteiger partial charge on any atom is 0.165 e. The molecule has 2 rings (SSSR count). The average Bonchev–Trinajstić information content (AvgIpc) is 2.23. The summed E-state index contributed by atoms with van der Waals surface area (Å²) in [6.07, 6.45) is 4.93. The van der Waals surface area contributed by atoms with E-state index in [2.05, 4.69) is 0 Å². The van der Waals surface area contributed by atoms with Crippen LogP contribution in [0, 0.1) is 11.7 Å². The van der Waals surface area contributed by atoms with Gasteiger partial charge in [0.25, 0.3) is 0 Å². The number of halogens is 1. The highest BCUT2D eigenvalue weighted by Gasteiger charge is 2.18. The van der Waals surface area contributed by atoms with E-state index in [0.717, 1.165) is 17.9 Å². The van der Waals surface area contributed by atoms with Crippen LogP contribution in [0.4, 0.5) is 4.39 Å². The third-order valence-corrected chi connectivity index (χ3v) is 3.49. The summed E-state index contributed by atoms with van der Waals surface area (Å²) in [5, 5.41) is 0. The summed E-state index contributed by atoms with van der Waals surface area (Å²) in [6.45, 7) is 2.43. The smallest absolute Gasteiger partial charge is 0.165 e. The third kappa shape index (κ3) is 2.97. The fourth-order valence-corrected chi connectivity index (χ4v) is 2.15.